The highest BCUT2D eigenvalue weighted by molar-refractivity contribution is 7.99. The first kappa shape index (κ1) is 22.5. The number of thioether (sulfide) groups is 1. The molecule has 3 aromatic rings. The van der Waals surface area contributed by atoms with Crippen molar-refractivity contribution in [3.63, 3.8) is 0 Å². The van der Waals surface area contributed by atoms with Gasteiger partial charge in [-0.1, -0.05) is 48.9 Å². The van der Waals surface area contributed by atoms with Gasteiger partial charge in [-0.05, 0) is 56.0 Å². The predicted octanol–water partition coefficient (Wildman–Crippen LogP) is 4.38. The van der Waals surface area contributed by atoms with E-state index in [1.54, 1.807) is 0 Å². The molecule has 1 amide bonds. The summed E-state index contributed by atoms with van der Waals surface area (Å²) in [5, 5.41) is 0.778. The van der Waals surface area contributed by atoms with Crippen molar-refractivity contribution in [2.75, 3.05) is 17.3 Å². The molecule has 8 heteroatoms. The number of aromatic nitrogens is 2. The number of carbonyl (C=O) groups excluding carboxylic acids is 1. The summed E-state index contributed by atoms with van der Waals surface area (Å²) < 4.78 is 26.4. The van der Waals surface area contributed by atoms with Gasteiger partial charge in [0.2, 0.25) is 5.91 Å². The Morgan fingerprint density at radius 3 is 2.61 bits per heavy atom. The molecule has 5 rings (SSSR count). The summed E-state index contributed by atoms with van der Waals surface area (Å²) in [4.78, 5) is 20.2. The van der Waals surface area contributed by atoms with E-state index in [1.807, 2.05) is 35.2 Å². The minimum atomic E-state index is -3.05. The van der Waals surface area contributed by atoms with Gasteiger partial charge in [-0.15, -0.1) is 0 Å². The van der Waals surface area contributed by atoms with Crippen molar-refractivity contribution in [1.82, 2.24) is 14.5 Å². The Labute approximate surface area is 199 Å². The number of benzene rings is 2. The van der Waals surface area contributed by atoms with Gasteiger partial charge >= 0.3 is 0 Å². The molecule has 2 aliphatic rings. The Kier molecular flexibility index (Phi) is 6.22. The molecule has 2 heterocycles. The molecule has 0 unspecified atom stereocenters. The van der Waals surface area contributed by atoms with Crippen LogP contribution in [0.15, 0.2) is 53.7 Å². The van der Waals surface area contributed by atoms with Crippen molar-refractivity contribution < 1.29 is 13.2 Å². The van der Waals surface area contributed by atoms with Crippen LogP contribution in [0.25, 0.3) is 16.7 Å². The fourth-order valence-electron chi connectivity index (χ4n) is 5.20. The fourth-order valence-corrected chi connectivity index (χ4v) is 7.81. The molecule has 2 fully saturated rings. The van der Waals surface area contributed by atoms with Gasteiger partial charge in [0.05, 0.1) is 28.3 Å². The van der Waals surface area contributed by atoms with Crippen LogP contribution in [0.2, 0.25) is 0 Å². The van der Waals surface area contributed by atoms with Crippen molar-refractivity contribution in [2.24, 2.45) is 0 Å². The second-order valence-corrected chi connectivity index (χ2v) is 12.3. The maximum absolute atomic E-state index is 13.5. The van der Waals surface area contributed by atoms with Gasteiger partial charge in [0.25, 0.3) is 0 Å². The van der Waals surface area contributed by atoms with Crippen LogP contribution in [0.3, 0.4) is 0 Å². The highest BCUT2D eigenvalue weighted by atomic mass is 32.2. The van der Waals surface area contributed by atoms with Gasteiger partial charge in [-0.3, -0.25) is 9.36 Å². The minimum absolute atomic E-state index is 0.0249. The molecule has 0 spiro atoms. The molecule has 1 saturated heterocycles. The lowest BCUT2D eigenvalue weighted by molar-refractivity contribution is -0.132. The summed E-state index contributed by atoms with van der Waals surface area (Å²) in [5.74, 6) is 0.561. The van der Waals surface area contributed by atoms with Gasteiger partial charge in [0, 0.05) is 17.8 Å². The molecule has 0 N–H and O–H groups in total. The van der Waals surface area contributed by atoms with Crippen molar-refractivity contribution in [3.05, 3.63) is 54.1 Å². The highest BCUT2D eigenvalue weighted by Crippen LogP contribution is 2.32. The van der Waals surface area contributed by atoms with Crippen molar-refractivity contribution in [1.29, 1.82) is 0 Å². The lowest BCUT2D eigenvalue weighted by atomic mass is 10.1. The van der Waals surface area contributed by atoms with Crippen LogP contribution in [0.1, 0.15) is 37.7 Å². The zero-order valence-electron chi connectivity index (χ0n) is 18.8. The summed E-state index contributed by atoms with van der Waals surface area (Å²) in [6, 6.07) is 16.2. The molecule has 174 valence electrons. The molecule has 1 aromatic heterocycles. The van der Waals surface area contributed by atoms with E-state index in [1.165, 1.54) is 11.8 Å². The van der Waals surface area contributed by atoms with Gasteiger partial charge in [0.15, 0.2) is 15.0 Å². The number of nitrogens with zero attached hydrogens (tertiary/aromatic N) is 3. The van der Waals surface area contributed by atoms with Gasteiger partial charge < -0.3 is 4.90 Å². The highest BCUT2D eigenvalue weighted by Gasteiger charge is 2.39. The maximum atomic E-state index is 13.5. The van der Waals surface area contributed by atoms with Crippen LogP contribution in [0.4, 0.5) is 0 Å². The molecule has 1 saturated carbocycles. The Bertz CT molecular complexity index is 1280. The topological polar surface area (TPSA) is 72.3 Å². The Hall–Kier alpha value is -2.32. The molecule has 6 nitrogen and oxygen atoms in total. The fraction of sp³-hybridized carbons (Fsp3) is 0.440. The average Bonchev–Trinajstić information content (AvgIpc) is 3.51. The zero-order chi connectivity index (χ0) is 23.0. The zero-order valence-corrected chi connectivity index (χ0v) is 20.4. The number of imidazole rings is 1. The molecule has 2 aromatic carbocycles. The molecule has 1 atom stereocenters. The smallest absolute Gasteiger partial charge is 0.233 e. The molecular formula is C25H29N3O3S2. The standard InChI is InChI=1S/C25H29N3O3S2/c1-18-7-6-10-20(15-18)28-23-12-5-4-11-22(23)26-25(28)32-16-24(29)27(19-8-2-3-9-19)21-13-14-33(30,31)17-21/h4-7,10-12,15,19,21H,2-3,8-9,13-14,16-17H2,1H3/t21-/m1/s1. The Morgan fingerprint density at radius 2 is 1.88 bits per heavy atom. The van der Waals surface area contributed by atoms with Crippen LogP contribution < -0.4 is 0 Å². The molecule has 0 bridgehead atoms. The van der Waals surface area contributed by atoms with E-state index in [0.29, 0.717) is 6.42 Å². The van der Waals surface area contributed by atoms with E-state index < -0.39 is 9.84 Å². The number of carbonyl (C=O) groups is 1. The van der Waals surface area contributed by atoms with Crippen LogP contribution in [0, 0.1) is 6.92 Å². The lowest BCUT2D eigenvalue weighted by Crippen LogP contribution is -2.47. The molecule has 1 aliphatic heterocycles. The lowest BCUT2D eigenvalue weighted by Gasteiger charge is -2.34. The number of hydrogen-bond acceptors (Lipinski definition) is 5. The third kappa shape index (κ3) is 4.68. The van der Waals surface area contributed by atoms with Crippen molar-refractivity contribution in [2.45, 2.75) is 56.3 Å². The summed E-state index contributed by atoms with van der Waals surface area (Å²) >= 11 is 1.44. The number of amides is 1. The van der Waals surface area contributed by atoms with Crippen molar-refractivity contribution >= 4 is 38.5 Å². The van der Waals surface area contributed by atoms with Crippen LogP contribution in [0.5, 0.6) is 0 Å². The van der Waals surface area contributed by atoms with Gasteiger partial charge in [0.1, 0.15) is 0 Å². The molecule has 1 aliphatic carbocycles. The summed E-state index contributed by atoms with van der Waals surface area (Å²) in [6.45, 7) is 2.06. The molecular weight excluding hydrogens is 454 g/mol. The van der Waals surface area contributed by atoms with Gasteiger partial charge in [-0.25, -0.2) is 13.4 Å². The van der Waals surface area contributed by atoms with Crippen molar-refractivity contribution in [3.8, 4) is 5.69 Å². The third-order valence-electron chi connectivity index (χ3n) is 6.72. The number of rotatable bonds is 6. The van der Waals surface area contributed by atoms with E-state index in [2.05, 4.69) is 29.7 Å². The number of sulfone groups is 1. The third-order valence-corrected chi connectivity index (χ3v) is 9.40. The van der Waals surface area contributed by atoms with E-state index >= 15 is 0 Å². The molecule has 33 heavy (non-hydrogen) atoms. The summed E-state index contributed by atoms with van der Waals surface area (Å²) in [6.07, 6.45) is 4.69. The minimum Gasteiger partial charge on any atom is -0.335 e. The quantitative estimate of drug-likeness (QED) is 0.487. The normalized spacial score (nSPS) is 20.5. The van der Waals surface area contributed by atoms with Crippen LogP contribution in [-0.2, 0) is 14.6 Å². The van der Waals surface area contributed by atoms with E-state index in [4.69, 9.17) is 4.98 Å². The first-order chi connectivity index (χ1) is 15.9. The first-order valence-electron chi connectivity index (χ1n) is 11.6. The second kappa shape index (κ2) is 9.14. The van der Waals surface area contributed by atoms with E-state index in [0.717, 1.165) is 53.1 Å². The van der Waals surface area contributed by atoms with Crippen LogP contribution in [-0.4, -0.2) is 58.1 Å². The summed E-state index contributed by atoms with van der Waals surface area (Å²) in [7, 11) is -3.05. The van der Waals surface area contributed by atoms with E-state index in [-0.39, 0.29) is 35.2 Å². The van der Waals surface area contributed by atoms with Crippen LogP contribution >= 0.6 is 11.8 Å². The predicted molar refractivity (Wildman–Crippen MR) is 133 cm³/mol. The Balaban J connectivity index is 1.43. The first-order valence-corrected chi connectivity index (χ1v) is 14.4. The summed E-state index contributed by atoms with van der Waals surface area (Å²) in [5.41, 5.74) is 4.08. The number of aryl methyl sites for hydroxylation is 1. The maximum Gasteiger partial charge on any atom is 0.233 e. The molecule has 0 radical (unpaired) electrons. The number of fused-ring (bicyclic) bond motifs is 1. The number of para-hydroxylation sites is 2. The second-order valence-electron chi connectivity index (χ2n) is 9.14. The Morgan fingerprint density at radius 1 is 1.09 bits per heavy atom. The van der Waals surface area contributed by atoms with E-state index in [9.17, 15) is 13.2 Å². The van der Waals surface area contributed by atoms with Gasteiger partial charge in [-0.2, -0.15) is 0 Å². The monoisotopic (exact) mass is 483 g/mol. The largest absolute Gasteiger partial charge is 0.335 e. The number of hydrogen-bond donors (Lipinski definition) is 0. The SMILES string of the molecule is Cc1cccc(-n2c(SCC(=O)N(C3CCCC3)[C@@H]3CCS(=O)(=O)C3)nc3ccccc32)c1. The average molecular weight is 484 g/mol.